The number of piperidine rings is 1. The Hall–Kier alpha value is -3.67. The van der Waals surface area contributed by atoms with E-state index in [4.69, 9.17) is 4.74 Å². The first-order valence-electron chi connectivity index (χ1n) is 10.3. The van der Waals surface area contributed by atoms with Gasteiger partial charge in [-0.15, -0.1) is 0 Å². The van der Waals surface area contributed by atoms with Gasteiger partial charge in [-0.05, 0) is 61.4 Å². The summed E-state index contributed by atoms with van der Waals surface area (Å²) in [6.07, 6.45) is 1.42. The zero-order chi connectivity index (χ0) is 21.6. The highest BCUT2D eigenvalue weighted by Gasteiger charge is 2.29. The maximum Gasteiger partial charge on any atom is 0.253 e. The number of hydrogen-bond donors (Lipinski definition) is 1. The second-order valence-corrected chi connectivity index (χ2v) is 7.50. The largest absolute Gasteiger partial charge is 0.455 e. The predicted molar refractivity (Wildman–Crippen MR) is 117 cm³/mol. The Morgan fingerprint density at radius 3 is 2.42 bits per heavy atom. The van der Waals surface area contributed by atoms with Gasteiger partial charge in [0.15, 0.2) is 5.75 Å². The monoisotopic (exact) mass is 418 g/mol. The van der Waals surface area contributed by atoms with E-state index in [1.807, 2.05) is 42.5 Å². The molecule has 6 heteroatoms. The number of nitrogens with one attached hydrogen (secondary N) is 1. The van der Waals surface area contributed by atoms with Crippen molar-refractivity contribution < 1.29 is 18.7 Å². The van der Waals surface area contributed by atoms with Gasteiger partial charge in [-0.2, -0.15) is 0 Å². The molecule has 158 valence electrons. The van der Waals surface area contributed by atoms with Gasteiger partial charge in [0.05, 0.1) is 11.6 Å². The first-order chi connectivity index (χ1) is 15.1. The lowest BCUT2D eigenvalue weighted by atomic mass is 9.96. The molecule has 1 heterocycles. The predicted octanol–water partition coefficient (Wildman–Crippen LogP) is 5.11. The fraction of sp³-hybridized carbons (Fsp3) is 0.200. The van der Waals surface area contributed by atoms with Gasteiger partial charge in [0.1, 0.15) is 11.6 Å². The van der Waals surface area contributed by atoms with Crippen molar-refractivity contribution in [2.24, 2.45) is 5.92 Å². The summed E-state index contributed by atoms with van der Waals surface area (Å²) in [6.45, 7) is 0.900. The number of anilines is 1. The van der Waals surface area contributed by atoms with E-state index >= 15 is 0 Å². The van der Waals surface area contributed by atoms with Gasteiger partial charge in [0.2, 0.25) is 5.91 Å². The lowest BCUT2D eigenvalue weighted by molar-refractivity contribution is -0.121. The minimum absolute atomic E-state index is 0.152. The Morgan fingerprint density at radius 1 is 0.935 bits per heavy atom. The van der Waals surface area contributed by atoms with Crippen molar-refractivity contribution in [3.63, 3.8) is 0 Å². The molecule has 3 aromatic carbocycles. The van der Waals surface area contributed by atoms with E-state index in [2.05, 4.69) is 5.32 Å². The lowest BCUT2D eigenvalue weighted by Crippen LogP contribution is -2.43. The molecule has 1 unspecified atom stereocenters. The van der Waals surface area contributed by atoms with Gasteiger partial charge in [-0.1, -0.05) is 30.3 Å². The summed E-state index contributed by atoms with van der Waals surface area (Å²) >= 11 is 0. The second kappa shape index (κ2) is 9.43. The van der Waals surface area contributed by atoms with Gasteiger partial charge in [-0.3, -0.25) is 9.59 Å². The molecular weight excluding hydrogens is 395 g/mol. The Labute approximate surface area is 180 Å². The van der Waals surface area contributed by atoms with E-state index < -0.39 is 0 Å². The molecule has 0 saturated carbocycles. The summed E-state index contributed by atoms with van der Waals surface area (Å²) in [5.41, 5.74) is 1.00. The molecule has 2 amide bonds. The molecule has 3 aromatic rings. The number of ether oxygens (including phenoxy) is 1. The SMILES string of the molecule is O=C(Nc1ccccc1Oc1ccccc1)C1CCCN(C(=O)c2ccc(F)cc2)C1. The molecule has 1 saturated heterocycles. The summed E-state index contributed by atoms with van der Waals surface area (Å²) in [5, 5.41) is 2.96. The van der Waals surface area contributed by atoms with Gasteiger partial charge >= 0.3 is 0 Å². The van der Waals surface area contributed by atoms with Crippen molar-refractivity contribution in [3.8, 4) is 11.5 Å². The summed E-state index contributed by atoms with van der Waals surface area (Å²) in [5.74, 6) is 0.174. The number of hydrogen-bond acceptors (Lipinski definition) is 3. The average Bonchev–Trinajstić information content (AvgIpc) is 2.81. The summed E-state index contributed by atoms with van der Waals surface area (Å²) in [4.78, 5) is 27.4. The van der Waals surface area contributed by atoms with Crippen LogP contribution >= 0.6 is 0 Å². The van der Waals surface area contributed by atoms with Crippen LogP contribution in [0.15, 0.2) is 78.9 Å². The van der Waals surface area contributed by atoms with Crippen LogP contribution in [-0.4, -0.2) is 29.8 Å². The minimum atomic E-state index is -0.385. The highest BCUT2D eigenvalue weighted by molar-refractivity contribution is 5.96. The topological polar surface area (TPSA) is 58.6 Å². The van der Waals surface area contributed by atoms with E-state index in [1.54, 1.807) is 17.0 Å². The average molecular weight is 418 g/mol. The van der Waals surface area contributed by atoms with E-state index in [-0.39, 0.29) is 23.5 Å². The third kappa shape index (κ3) is 5.09. The maximum absolute atomic E-state index is 13.1. The van der Waals surface area contributed by atoms with Crippen LogP contribution in [-0.2, 0) is 4.79 Å². The normalized spacial score (nSPS) is 15.9. The first kappa shape index (κ1) is 20.6. The van der Waals surface area contributed by atoms with Crippen molar-refractivity contribution in [2.45, 2.75) is 12.8 Å². The van der Waals surface area contributed by atoms with E-state index in [1.165, 1.54) is 24.3 Å². The van der Waals surface area contributed by atoms with Gasteiger partial charge in [0, 0.05) is 18.7 Å². The van der Waals surface area contributed by atoms with Crippen LogP contribution < -0.4 is 10.1 Å². The molecule has 0 aliphatic carbocycles. The number of benzene rings is 3. The highest BCUT2D eigenvalue weighted by atomic mass is 19.1. The molecule has 1 fully saturated rings. The molecule has 1 aliphatic rings. The molecule has 0 aromatic heterocycles. The smallest absolute Gasteiger partial charge is 0.253 e. The molecular formula is C25H23FN2O3. The van der Waals surface area contributed by atoms with E-state index in [0.29, 0.717) is 42.3 Å². The maximum atomic E-state index is 13.1. The van der Waals surface area contributed by atoms with Crippen molar-refractivity contribution in [3.05, 3.63) is 90.2 Å². The Bertz CT molecular complexity index is 1050. The Morgan fingerprint density at radius 2 is 1.65 bits per heavy atom. The number of rotatable bonds is 5. The highest BCUT2D eigenvalue weighted by Crippen LogP contribution is 2.30. The van der Waals surface area contributed by atoms with Crippen molar-refractivity contribution in [2.75, 3.05) is 18.4 Å². The van der Waals surface area contributed by atoms with E-state index in [9.17, 15) is 14.0 Å². The van der Waals surface area contributed by atoms with Crippen LogP contribution in [0.2, 0.25) is 0 Å². The van der Waals surface area contributed by atoms with Crippen molar-refractivity contribution >= 4 is 17.5 Å². The molecule has 1 N–H and O–H groups in total. The molecule has 31 heavy (non-hydrogen) atoms. The third-order valence-corrected chi connectivity index (χ3v) is 5.29. The standard InChI is InChI=1S/C25H23FN2O3/c26-20-14-12-18(13-15-20)25(30)28-16-6-7-19(17-28)24(29)27-22-10-4-5-11-23(22)31-21-8-2-1-3-9-21/h1-5,8-15,19H,6-7,16-17H2,(H,27,29). The van der Waals surface area contributed by atoms with Crippen LogP contribution in [0.25, 0.3) is 0 Å². The van der Waals surface area contributed by atoms with Crippen molar-refractivity contribution in [1.29, 1.82) is 0 Å². The number of carbonyl (C=O) groups excluding carboxylic acids is 2. The zero-order valence-electron chi connectivity index (χ0n) is 17.0. The second-order valence-electron chi connectivity index (χ2n) is 7.50. The number of amides is 2. The number of likely N-dealkylation sites (tertiary alicyclic amines) is 1. The van der Waals surface area contributed by atoms with Crippen LogP contribution in [0, 0.1) is 11.7 Å². The number of carbonyl (C=O) groups is 2. The third-order valence-electron chi connectivity index (χ3n) is 5.29. The van der Waals surface area contributed by atoms with Crippen LogP contribution in [0.1, 0.15) is 23.2 Å². The molecule has 1 atom stereocenters. The van der Waals surface area contributed by atoms with Crippen molar-refractivity contribution in [1.82, 2.24) is 4.90 Å². The quantitative estimate of drug-likeness (QED) is 0.627. The Balaban J connectivity index is 1.43. The summed E-state index contributed by atoms with van der Waals surface area (Å²) in [7, 11) is 0. The molecule has 5 nitrogen and oxygen atoms in total. The fourth-order valence-corrected chi connectivity index (χ4v) is 3.66. The number of halogens is 1. The van der Waals surface area contributed by atoms with Crippen LogP contribution in [0.3, 0.4) is 0 Å². The van der Waals surface area contributed by atoms with Gasteiger partial charge in [-0.25, -0.2) is 4.39 Å². The molecule has 1 aliphatic heterocycles. The first-order valence-corrected chi connectivity index (χ1v) is 10.3. The summed E-state index contributed by atoms with van der Waals surface area (Å²) < 4.78 is 19.1. The van der Waals surface area contributed by atoms with E-state index in [0.717, 1.165) is 6.42 Å². The Kier molecular flexibility index (Phi) is 6.26. The minimum Gasteiger partial charge on any atom is -0.455 e. The zero-order valence-corrected chi connectivity index (χ0v) is 17.0. The number of para-hydroxylation sites is 3. The van der Waals surface area contributed by atoms with Crippen LogP contribution in [0.4, 0.5) is 10.1 Å². The molecule has 0 radical (unpaired) electrons. The van der Waals surface area contributed by atoms with Gasteiger partial charge in [0.25, 0.3) is 5.91 Å². The molecule has 4 rings (SSSR count). The lowest BCUT2D eigenvalue weighted by Gasteiger charge is -2.32. The molecule has 0 spiro atoms. The van der Waals surface area contributed by atoms with Gasteiger partial charge < -0.3 is 15.0 Å². The van der Waals surface area contributed by atoms with Crippen LogP contribution in [0.5, 0.6) is 11.5 Å². The number of nitrogens with zero attached hydrogens (tertiary/aromatic N) is 1. The summed E-state index contributed by atoms with van der Waals surface area (Å²) in [6, 6.07) is 22.1. The molecule has 0 bridgehead atoms. The fourth-order valence-electron chi connectivity index (χ4n) is 3.66.